The first-order valence-electron chi connectivity index (χ1n) is 5.29. The highest BCUT2D eigenvalue weighted by atomic mass is 16.6. The smallest absolute Gasteiger partial charge is 0.410 e. The fourth-order valence-electron chi connectivity index (χ4n) is 1.30. The topological polar surface area (TPSA) is 29.5 Å². The van der Waals surface area contributed by atoms with Crippen molar-refractivity contribution in [2.24, 2.45) is 0 Å². The van der Waals surface area contributed by atoms with Crippen LogP contribution in [0.3, 0.4) is 0 Å². The standard InChI is InChI=1S/C12H17NO2/c1-3-10-13(4-2)12(14)15-11-8-6-5-7-9-11/h5-9H,3-4,10H2,1-2H3. The highest BCUT2D eigenvalue weighted by molar-refractivity contribution is 5.70. The lowest BCUT2D eigenvalue weighted by Crippen LogP contribution is -2.33. The van der Waals surface area contributed by atoms with Crippen molar-refractivity contribution in [1.29, 1.82) is 0 Å². The fraction of sp³-hybridized carbons (Fsp3) is 0.417. The molecule has 0 radical (unpaired) electrons. The van der Waals surface area contributed by atoms with Crippen LogP contribution in [-0.4, -0.2) is 24.1 Å². The molecule has 0 bridgehead atoms. The van der Waals surface area contributed by atoms with Crippen LogP contribution in [0, 0.1) is 0 Å². The summed E-state index contributed by atoms with van der Waals surface area (Å²) in [6.07, 6.45) is 0.670. The first-order chi connectivity index (χ1) is 7.27. The third kappa shape index (κ3) is 3.62. The maximum Gasteiger partial charge on any atom is 0.415 e. The van der Waals surface area contributed by atoms with Gasteiger partial charge in [0.15, 0.2) is 0 Å². The zero-order valence-corrected chi connectivity index (χ0v) is 9.27. The molecule has 0 saturated carbocycles. The molecule has 0 N–H and O–H groups in total. The van der Waals surface area contributed by atoms with Crippen LogP contribution in [0.1, 0.15) is 20.3 Å². The predicted molar refractivity (Wildman–Crippen MR) is 60.0 cm³/mol. The molecule has 0 unspecified atom stereocenters. The van der Waals surface area contributed by atoms with Gasteiger partial charge in [0, 0.05) is 13.1 Å². The number of benzene rings is 1. The normalized spacial score (nSPS) is 9.73. The molecule has 0 atom stereocenters. The van der Waals surface area contributed by atoms with E-state index in [1.807, 2.05) is 32.0 Å². The lowest BCUT2D eigenvalue weighted by atomic mass is 10.3. The van der Waals surface area contributed by atoms with E-state index < -0.39 is 0 Å². The number of hydrogen-bond acceptors (Lipinski definition) is 2. The molecule has 3 nitrogen and oxygen atoms in total. The summed E-state index contributed by atoms with van der Waals surface area (Å²) in [5.74, 6) is 0.594. The highest BCUT2D eigenvalue weighted by Gasteiger charge is 2.12. The summed E-state index contributed by atoms with van der Waals surface area (Å²) in [7, 11) is 0. The summed E-state index contributed by atoms with van der Waals surface area (Å²) in [5.41, 5.74) is 0. The van der Waals surface area contributed by atoms with Gasteiger partial charge >= 0.3 is 6.09 Å². The van der Waals surface area contributed by atoms with Gasteiger partial charge in [-0.25, -0.2) is 4.79 Å². The van der Waals surface area contributed by atoms with Gasteiger partial charge in [-0.3, -0.25) is 0 Å². The van der Waals surface area contributed by atoms with Crippen LogP contribution in [0.5, 0.6) is 5.75 Å². The first-order valence-corrected chi connectivity index (χ1v) is 5.29. The molecule has 15 heavy (non-hydrogen) atoms. The van der Waals surface area contributed by atoms with Gasteiger partial charge in [0.2, 0.25) is 0 Å². The second kappa shape index (κ2) is 6.06. The molecule has 1 rings (SSSR count). The second-order valence-corrected chi connectivity index (χ2v) is 3.26. The van der Waals surface area contributed by atoms with Gasteiger partial charge < -0.3 is 9.64 Å². The van der Waals surface area contributed by atoms with Crippen molar-refractivity contribution in [3.63, 3.8) is 0 Å². The summed E-state index contributed by atoms with van der Waals surface area (Å²) < 4.78 is 5.21. The van der Waals surface area contributed by atoms with E-state index in [0.29, 0.717) is 12.3 Å². The summed E-state index contributed by atoms with van der Waals surface area (Å²) in [6.45, 7) is 5.40. The van der Waals surface area contributed by atoms with E-state index in [1.165, 1.54) is 0 Å². The van der Waals surface area contributed by atoms with E-state index in [9.17, 15) is 4.79 Å². The SMILES string of the molecule is CCCN(CC)C(=O)Oc1ccccc1. The van der Waals surface area contributed by atoms with Crippen LogP contribution in [0.25, 0.3) is 0 Å². The number of ether oxygens (including phenoxy) is 1. The minimum Gasteiger partial charge on any atom is -0.410 e. The zero-order chi connectivity index (χ0) is 11.1. The molecule has 0 aliphatic rings. The minimum atomic E-state index is -0.273. The lowest BCUT2D eigenvalue weighted by Gasteiger charge is -2.19. The van der Waals surface area contributed by atoms with Crippen molar-refractivity contribution in [2.75, 3.05) is 13.1 Å². The molecular weight excluding hydrogens is 190 g/mol. The van der Waals surface area contributed by atoms with Crippen LogP contribution in [0.15, 0.2) is 30.3 Å². The molecule has 1 aromatic rings. The average Bonchev–Trinajstić information content (AvgIpc) is 2.27. The van der Waals surface area contributed by atoms with Gasteiger partial charge in [-0.2, -0.15) is 0 Å². The average molecular weight is 207 g/mol. The van der Waals surface area contributed by atoms with Crippen molar-refractivity contribution in [2.45, 2.75) is 20.3 Å². The Morgan fingerprint density at radius 3 is 2.47 bits per heavy atom. The molecule has 1 aromatic carbocycles. The Morgan fingerprint density at radius 2 is 1.93 bits per heavy atom. The Labute approximate surface area is 90.7 Å². The summed E-state index contributed by atoms with van der Waals surface area (Å²) in [5, 5.41) is 0. The van der Waals surface area contributed by atoms with Crippen LogP contribution < -0.4 is 4.74 Å². The quantitative estimate of drug-likeness (QED) is 0.759. The van der Waals surface area contributed by atoms with Gasteiger partial charge in [-0.15, -0.1) is 0 Å². The second-order valence-electron chi connectivity index (χ2n) is 3.26. The van der Waals surface area contributed by atoms with E-state index in [1.54, 1.807) is 17.0 Å². The third-order valence-electron chi connectivity index (χ3n) is 2.08. The fourth-order valence-corrected chi connectivity index (χ4v) is 1.30. The predicted octanol–water partition coefficient (Wildman–Crippen LogP) is 2.92. The van der Waals surface area contributed by atoms with Crippen LogP contribution in [0.4, 0.5) is 4.79 Å². The first kappa shape index (κ1) is 11.6. The van der Waals surface area contributed by atoms with Gasteiger partial charge in [-0.1, -0.05) is 25.1 Å². The van der Waals surface area contributed by atoms with Crippen molar-refractivity contribution < 1.29 is 9.53 Å². The summed E-state index contributed by atoms with van der Waals surface area (Å²) in [6, 6.07) is 9.13. The largest absolute Gasteiger partial charge is 0.415 e. The Morgan fingerprint density at radius 1 is 1.27 bits per heavy atom. The maximum absolute atomic E-state index is 11.6. The van der Waals surface area contributed by atoms with E-state index in [-0.39, 0.29) is 6.09 Å². The van der Waals surface area contributed by atoms with E-state index in [4.69, 9.17) is 4.74 Å². The number of amides is 1. The zero-order valence-electron chi connectivity index (χ0n) is 9.27. The van der Waals surface area contributed by atoms with Gasteiger partial charge in [0.1, 0.15) is 5.75 Å². The van der Waals surface area contributed by atoms with Gasteiger partial charge in [0.05, 0.1) is 0 Å². The lowest BCUT2D eigenvalue weighted by molar-refractivity contribution is 0.155. The Balaban J connectivity index is 2.54. The monoisotopic (exact) mass is 207 g/mol. The van der Waals surface area contributed by atoms with Crippen LogP contribution in [-0.2, 0) is 0 Å². The molecule has 0 saturated heterocycles. The van der Waals surface area contributed by atoms with Crippen LogP contribution in [0.2, 0.25) is 0 Å². The van der Waals surface area contributed by atoms with Crippen molar-refractivity contribution in [3.05, 3.63) is 30.3 Å². The molecule has 82 valence electrons. The molecule has 0 aliphatic heterocycles. The molecular formula is C12H17NO2. The van der Waals surface area contributed by atoms with Crippen molar-refractivity contribution in [3.8, 4) is 5.75 Å². The molecule has 1 amide bonds. The molecule has 0 aliphatic carbocycles. The maximum atomic E-state index is 11.6. The van der Waals surface area contributed by atoms with Crippen LogP contribution >= 0.6 is 0 Å². The number of rotatable bonds is 4. The third-order valence-corrected chi connectivity index (χ3v) is 2.08. The molecule has 0 spiro atoms. The Kier molecular flexibility index (Phi) is 4.68. The number of carbonyl (C=O) groups is 1. The summed E-state index contributed by atoms with van der Waals surface area (Å²) in [4.78, 5) is 13.3. The molecule has 0 aromatic heterocycles. The number of para-hydroxylation sites is 1. The van der Waals surface area contributed by atoms with E-state index >= 15 is 0 Å². The Bertz CT molecular complexity index is 298. The van der Waals surface area contributed by atoms with E-state index in [0.717, 1.165) is 13.0 Å². The van der Waals surface area contributed by atoms with Gasteiger partial charge in [0.25, 0.3) is 0 Å². The van der Waals surface area contributed by atoms with Gasteiger partial charge in [-0.05, 0) is 25.5 Å². The van der Waals surface area contributed by atoms with E-state index in [2.05, 4.69) is 0 Å². The van der Waals surface area contributed by atoms with Crippen molar-refractivity contribution >= 4 is 6.09 Å². The molecule has 3 heteroatoms. The number of nitrogens with zero attached hydrogens (tertiary/aromatic N) is 1. The Hall–Kier alpha value is -1.51. The van der Waals surface area contributed by atoms with Crippen molar-refractivity contribution in [1.82, 2.24) is 4.90 Å². The minimum absolute atomic E-state index is 0.273. The number of hydrogen-bond donors (Lipinski definition) is 0. The molecule has 0 fully saturated rings. The molecule has 0 heterocycles. The highest BCUT2D eigenvalue weighted by Crippen LogP contribution is 2.10. The summed E-state index contributed by atoms with van der Waals surface area (Å²) >= 11 is 0. The number of carbonyl (C=O) groups excluding carboxylic acids is 1.